The largest absolute Gasteiger partial charge is 0.495 e. The van der Waals surface area contributed by atoms with Gasteiger partial charge in [0.25, 0.3) is 0 Å². The minimum atomic E-state index is 0.631. The number of imidazole rings is 1. The molecule has 1 aromatic heterocycles. The van der Waals surface area contributed by atoms with Crippen LogP contribution >= 0.6 is 23.2 Å². The number of fused-ring (bicyclic) bond motifs is 1. The molecule has 178 valence electrons. The number of para-hydroxylation sites is 1. The maximum atomic E-state index is 6.23. The number of hydrogen-bond acceptors (Lipinski definition) is 5. The number of hydrogen-bond donors (Lipinski definition) is 1. The van der Waals surface area contributed by atoms with Crippen LogP contribution < -0.4 is 15.0 Å². The van der Waals surface area contributed by atoms with E-state index in [-0.39, 0.29) is 0 Å². The van der Waals surface area contributed by atoms with Crippen LogP contribution in [0.4, 0.5) is 23.0 Å². The molecular weight excluding hydrogens is 469 g/mol. The summed E-state index contributed by atoms with van der Waals surface area (Å²) in [5, 5.41) is 4.81. The quantitative estimate of drug-likeness (QED) is 0.295. The van der Waals surface area contributed by atoms with Crippen LogP contribution in [0.25, 0.3) is 11.0 Å². The predicted molar refractivity (Wildman–Crippen MR) is 144 cm³/mol. The normalized spacial score (nSPS) is 11.3. The van der Waals surface area contributed by atoms with Gasteiger partial charge in [-0.3, -0.25) is 0 Å². The summed E-state index contributed by atoms with van der Waals surface area (Å²) in [7, 11) is 7.81. The molecule has 3 aromatic carbocycles. The van der Waals surface area contributed by atoms with Crippen LogP contribution in [0, 0.1) is 6.92 Å². The minimum Gasteiger partial charge on any atom is -0.495 e. The zero-order valence-electron chi connectivity index (χ0n) is 20.1. The molecule has 1 heterocycles. The maximum Gasteiger partial charge on any atom is 0.208 e. The second kappa shape index (κ2) is 10.1. The first kappa shape index (κ1) is 24.2. The minimum absolute atomic E-state index is 0.631. The van der Waals surface area contributed by atoms with Crippen molar-refractivity contribution in [2.45, 2.75) is 6.92 Å². The molecular formula is C26H29Cl2N5O. The van der Waals surface area contributed by atoms with Gasteiger partial charge in [-0.15, -0.1) is 0 Å². The van der Waals surface area contributed by atoms with E-state index in [9.17, 15) is 0 Å². The summed E-state index contributed by atoms with van der Waals surface area (Å²) >= 11 is 12.4. The fourth-order valence-electron chi connectivity index (χ4n) is 4.03. The molecule has 0 fully saturated rings. The molecule has 8 heteroatoms. The fraction of sp³-hybridized carbons (Fsp3) is 0.269. The van der Waals surface area contributed by atoms with Crippen molar-refractivity contribution in [2.24, 2.45) is 7.05 Å². The van der Waals surface area contributed by atoms with Gasteiger partial charge in [-0.25, -0.2) is 4.98 Å². The second-order valence-electron chi connectivity index (χ2n) is 8.50. The number of nitrogens with zero attached hydrogens (tertiary/aromatic N) is 4. The lowest BCUT2D eigenvalue weighted by Gasteiger charge is -2.27. The van der Waals surface area contributed by atoms with Gasteiger partial charge in [0.05, 0.1) is 29.5 Å². The summed E-state index contributed by atoms with van der Waals surface area (Å²) in [4.78, 5) is 9.38. The number of likely N-dealkylation sites (N-methyl/N-ethyl adjacent to an activating group) is 1. The van der Waals surface area contributed by atoms with E-state index < -0.39 is 0 Å². The zero-order valence-corrected chi connectivity index (χ0v) is 21.6. The Balaban J connectivity index is 1.81. The van der Waals surface area contributed by atoms with Crippen molar-refractivity contribution in [3.05, 3.63) is 70.2 Å². The van der Waals surface area contributed by atoms with Gasteiger partial charge in [0.1, 0.15) is 5.75 Å². The smallest absolute Gasteiger partial charge is 0.208 e. The molecule has 4 aromatic rings. The number of benzene rings is 3. The summed E-state index contributed by atoms with van der Waals surface area (Å²) in [5.41, 5.74) is 5.90. The van der Waals surface area contributed by atoms with Gasteiger partial charge < -0.3 is 24.4 Å². The van der Waals surface area contributed by atoms with E-state index in [1.807, 2.05) is 56.4 Å². The first-order valence-electron chi connectivity index (χ1n) is 11.0. The van der Waals surface area contributed by atoms with Gasteiger partial charge >= 0.3 is 0 Å². The average Bonchev–Trinajstić information content (AvgIpc) is 3.12. The molecule has 1 N–H and O–H groups in total. The number of methoxy groups -OCH3 is 1. The number of ether oxygens (including phenoxy) is 1. The van der Waals surface area contributed by atoms with Crippen molar-refractivity contribution in [1.29, 1.82) is 0 Å². The number of anilines is 4. The summed E-state index contributed by atoms with van der Waals surface area (Å²) in [5.74, 6) is 1.39. The Morgan fingerprint density at radius 1 is 1.00 bits per heavy atom. The van der Waals surface area contributed by atoms with Gasteiger partial charge in [0, 0.05) is 41.9 Å². The number of halogens is 2. The lowest BCUT2D eigenvalue weighted by molar-refractivity contribution is 0.416. The van der Waals surface area contributed by atoms with Gasteiger partial charge in [0.2, 0.25) is 5.95 Å². The van der Waals surface area contributed by atoms with Crippen LogP contribution in [-0.4, -0.2) is 48.7 Å². The Hall–Kier alpha value is -2.93. The van der Waals surface area contributed by atoms with Crippen molar-refractivity contribution in [3.63, 3.8) is 0 Å². The van der Waals surface area contributed by atoms with Crippen LogP contribution in [0.1, 0.15) is 5.56 Å². The van der Waals surface area contributed by atoms with Crippen LogP contribution in [0.15, 0.2) is 54.6 Å². The molecule has 0 aliphatic carbocycles. The summed E-state index contributed by atoms with van der Waals surface area (Å²) in [6, 6.07) is 17.9. The van der Waals surface area contributed by atoms with Crippen LogP contribution in [0.5, 0.6) is 5.75 Å². The van der Waals surface area contributed by atoms with E-state index in [1.165, 1.54) is 0 Å². The van der Waals surface area contributed by atoms with Crippen LogP contribution in [0.3, 0.4) is 0 Å². The fourth-order valence-corrected chi connectivity index (χ4v) is 4.42. The molecule has 4 rings (SSSR count). The van der Waals surface area contributed by atoms with Gasteiger partial charge in [-0.1, -0.05) is 29.3 Å². The molecule has 0 spiro atoms. The highest BCUT2D eigenvalue weighted by molar-refractivity contribution is 6.31. The highest BCUT2D eigenvalue weighted by Crippen LogP contribution is 2.37. The summed E-state index contributed by atoms with van der Waals surface area (Å²) < 4.78 is 7.65. The Labute approximate surface area is 210 Å². The van der Waals surface area contributed by atoms with Crippen LogP contribution in [0.2, 0.25) is 10.0 Å². The SMILES string of the molecule is COc1cc(Cl)cc(C)c1Nc1nc2cccc(N(CCN(C)C)c3ccc(Cl)cc3)c2n1C. The Bertz CT molecular complexity index is 1300. The second-order valence-corrected chi connectivity index (χ2v) is 9.37. The molecule has 6 nitrogen and oxygen atoms in total. The highest BCUT2D eigenvalue weighted by Gasteiger charge is 2.19. The van der Waals surface area contributed by atoms with Crippen molar-refractivity contribution in [1.82, 2.24) is 14.5 Å². The Morgan fingerprint density at radius 3 is 2.41 bits per heavy atom. The van der Waals surface area contributed by atoms with E-state index in [1.54, 1.807) is 13.2 Å². The van der Waals surface area contributed by atoms with E-state index in [0.29, 0.717) is 15.8 Å². The monoisotopic (exact) mass is 497 g/mol. The standard InChI is InChI=1S/C26H29Cl2N5O/c1-17-15-19(28)16-23(34-5)24(17)30-26-29-21-7-6-8-22(25(21)32(26)4)33(14-13-31(2)3)20-11-9-18(27)10-12-20/h6-12,15-16H,13-14H2,1-5H3,(H,29,30). The average molecular weight is 498 g/mol. The highest BCUT2D eigenvalue weighted by atomic mass is 35.5. The molecule has 0 atom stereocenters. The van der Waals surface area contributed by atoms with Crippen molar-refractivity contribution < 1.29 is 4.74 Å². The van der Waals surface area contributed by atoms with E-state index in [0.717, 1.165) is 52.7 Å². The van der Waals surface area contributed by atoms with Crippen molar-refractivity contribution in [3.8, 4) is 5.75 Å². The third-order valence-corrected chi connectivity index (χ3v) is 6.26. The zero-order chi connectivity index (χ0) is 24.4. The van der Waals surface area contributed by atoms with E-state index in [2.05, 4.69) is 39.8 Å². The topological polar surface area (TPSA) is 45.6 Å². The third-order valence-electron chi connectivity index (χ3n) is 5.79. The van der Waals surface area contributed by atoms with Crippen molar-refractivity contribution >= 4 is 57.2 Å². The molecule has 0 aliphatic heterocycles. The molecule has 0 unspecified atom stereocenters. The molecule has 0 radical (unpaired) electrons. The number of rotatable bonds is 8. The summed E-state index contributed by atoms with van der Waals surface area (Å²) in [6.07, 6.45) is 0. The summed E-state index contributed by atoms with van der Waals surface area (Å²) in [6.45, 7) is 3.70. The van der Waals surface area contributed by atoms with Crippen molar-refractivity contribution in [2.75, 3.05) is 44.5 Å². The molecule has 34 heavy (non-hydrogen) atoms. The van der Waals surface area contributed by atoms with E-state index >= 15 is 0 Å². The molecule has 0 saturated heterocycles. The van der Waals surface area contributed by atoms with Gasteiger partial charge in [-0.05, 0) is 69.0 Å². The third kappa shape index (κ3) is 4.94. The van der Waals surface area contributed by atoms with Gasteiger partial charge in [0.15, 0.2) is 0 Å². The Kier molecular flexibility index (Phi) is 7.22. The lowest BCUT2D eigenvalue weighted by Crippen LogP contribution is -2.28. The lowest BCUT2D eigenvalue weighted by atomic mass is 10.2. The molecule has 0 saturated carbocycles. The first-order chi connectivity index (χ1) is 16.3. The number of nitrogens with one attached hydrogen (secondary N) is 1. The molecule has 0 aliphatic rings. The number of aromatic nitrogens is 2. The first-order valence-corrected chi connectivity index (χ1v) is 11.8. The predicted octanol–water partition coefficient (Wildman–Crippen LogP) is 6.64. The maximum absolute atomic E-state index is 6.23. The van der Waals surface area contributed by atoms with E-state index in [4.69, 9.17) is 32.9 Å². The Morgan fingerprint density at radius 2 is 1.74 bits per heavy atom. The molecule has 0 bridgehead atoms. The number of aryl methyl sites for hydroxylation is 2. The molecule has 0 amide bonds. The van der Waals surface area contributed by atoms with Crippen LogP contribution in [-0.2, 0) is 7.05 Å². The van der Waals surface area contributed by atoms with Gasteiger partial charge in [-0.2, -0.15) is 0 Å².